The van der Waals surface area contributed by atoms with Gasteiger partial charge in [-0.1, -0.05) is 19.9 Å². The number of hydrogen-bond acceptors (Lipinski definition) is 5. The lowest BCUT2D eigenvalue weighted by atomic mass is 9.91. The summed E-state index contributed by atoms with van der Waals surface area (Å²) in [7, 11) is -3.91. The molecule has 0 spiro atoms. The van der Waals surface area contributed by atoms with Gasteiger partial charge in [0, 0.05) is 36.6 Å². The van der Waals surface area contributed by atoms with Crippen molar-refractivity contribution in [3.05, 3.63) is 42.4 Å². The summed E-state index contributed by atoms with van der Waals surface area (Å²) < 4.78 is 56.6. The molecule has 1 saturated heterocycles. The van der Waals surface area contributed by atoms with Gasteiger partial charge in [-0.15, -0.1) is 0 Å². The van der Waals surface area contributed by atoms with Crippen molar-refractivity contribution < 1.29 is 17.2 Å². The van der Waals surface area contributed by atoms with E-state index in [4.69, 9.17) is 0 Å². The molecule has 8 nitrogen and oxygen atoms in total. The number of nitrogens with zero attached hydrogens (tertiary/aromatic N) is 4. The van der Waals surface area contributed by atoms with E-state index in [9.17, 15) is 17.2 Å². The Kier molecular flexibility index (Phi) is 5.54. The Morgan fingerprint density at radius 1 is 1.37 bits per heavy atom. The highest BCUT2D eigenvalue weighted by Crippen LogP contribution is 2.42. The van der Waals surface area contributed by atoms with Crippen molar-refractivity contribution in [1.29, 1.82) is 0 Å². The Hall–Kier alpha value is -2.11. The minimum atomic E-state index is -3.91. The smallest absolute Gasteiger partial charge is 0.280 e. The number of halogens is 2. The minimum absolute atomic E-state index is 0.112. The highest BCUT2D eigenvalue weighted by molar-refractivity contribution is 7.87. The van der Waals surface area contributed by atoms with Gasteiger partial charge < -0.3 is 9.88 Å². The normalized spacial score (nSPS) is 30.0. The zero-order valence-corrected chi connectivity index (χ0v) is 17.6. The summed E-state index contributed by atoms with van der Waals surface area (Å²) in [5.74, 6) is -1.33. The molecule has 2 N–H and O–H groups in total. The van der Waals surface area contributed by atoms with Crippen molar-refractivity contribution in [3.63, 3.8) is 0 Å². The summed E-state index contributed by atoms with van der Waals surface area (Å²) in [6.07, 6.45) is 9.36. The summed E-state index contributed by atoms with van der Waals surface area (Å²) in [6.45, 7) is 4.98. The van der Waals surface area contributed by atoms with E-state index in [0.29, 0.717) is 31.0 Å². The molecule has 30 heavy (non-hydrogen) atoms. The predicted octanol–water partition coefficient (Wildman–Crippen LogP) is 1.95. The molecule has 1 saturated carbocycles. The Morgan fingerprint density at radius 3 is 2.83 bits per heavy atom. The van der Waals surface area contributed by atoms with Crippen LogP contribution in [0.15, 0.2) is 35.9 Å². The van der Waals surface area contributed by atoms with Gasteiger partial charge in [-0.05, 0) is 24.8 Å². The molecule has 0 amide bonds. The average molecular weight is 441 g/mol. The van der Waals surface area contributed by atoms with Crippen molar-refractivity contribution in [1.82, 2.24) is 23.9 Å². The van der Waals surface area contributed by atoms with Crippen LogP contribution in [0, 0.1) is 5.92 Å². The number of rotatable bonds is 5. The third-order valence-corrected chi connectivity index (χ3v) is 7.55. The van der Waals surface area contributed by atoms with Crippen LogP contribution in [0.5, 0.6) is 0 Å². The number of aliphatic imine (C=N–C) groups is 1. The highest BCUT2D eigenvalue weighted by atomic mass is 32.2. The third kappa shape index (κ3) is 4.19. The van der Waals surface area contributed by atoms with Gasteiger partial charge in [0.25, 0.3) is 16.1 Å². The molecule has 1 aromatic rings. The van der Waals surface area contributed by atoms with E-state index < -0.39 is 29.2 Å². The van der Waals surface area contributed by atoms with Gasteiger partial charge in [0.05, 0.1) is 19.3 Å². The maximum absolute atomic E-state index is 13.1. The Bertz CT molecular complexity index is 979. The van der Waals surface area contributed by atoms with Gasteiger partial charge in [-0.25, -0.2) is 18.8 Å². The number of aromatic nitrogens is 2. The van der Waals surface area contributed by atoms with E-state index in [1.807, 2.05) is 12.3 Å². The molecule has 1 aliphatic carbocycles. The molecule has 3 heterocycles. The van der Waals surface area contributed by atoms with E-state index in [1.54, 1.807) is 12.4 Å². The number of allylic oxidation sites excluding steroid dienone is 1. The van der Waals surface area contributed by atoms with Crippen LogP contribution in [0.3, 0.4) is 0 Å². The second-order valence-corrected chi connectivity index (χ2v) is 9.80. The minimum Gasteiger partial charge on any atom is -0.347 e. The van der Waals surface area contributed by atoms with Gasteiger partial charge in [0.2, 0.25) is 0 Å². The molecular weight excluding hydrogens is 414 g/mol. The Balaban J connectivity index is 1.52. The fraction of sp³-hybridized carbons (Fsp3) is 0.579. The van der Waals surface area contributed by atoms with Crippen LogP contribution in [0.2, 0.25) is 0 Å². The van der Waals surface area contributed by atoms with Gasteiger partial charge in [0.1, 0.15) is 5.82 Å². The first-order valence-electron chi connectivity index (χ1n) is 10.0. The summed E-state index contributed by atoms with van der Waals surface area (Å²) in [4.78, 5) is 8.75. The van der Waals surface area contributed by atoms with Gasteiger partial charge in [-0.3, -0.25) is 0 Å². The van der Waals surface area contributed by atoms with E-state index in [0.717, 1.165) is 16.4 Å². The molecule has 164 valence electrons. The molecule has 11 heteroatoms. The molecule has 0 unspecified atom stereocenters. The zero-order chi connectivity index (χ0) is 21.5. The van der Waals surface area contributed by atoms with Crippen LogP contribution < -0.4 is 10.0 Å². The summed E-state index contributed by atoms with van der Waals surface area (Å²) in [5.41, 5.74) is 1.03. The molecule has 0 radical (unpaired) electrons. The van der Waals surface area contributed by atoms with E-state index in [2.05, 4.69) is 38.1 Å². The van der Waals surface area contributed by atoms with Crippen LogP contribution in [-0.4, -0.2) is 53.5 Å². The molecule has 0 bridgehead atoms. The first-order chi connectivity index (χ1) is 14.2. The average Bonchev–Trinajstić information content (AvgIpc) is 3.25. The summed E-state index contributed by atoms with van der Waals surface area (Å²) in [6, 6.07) is -0.299. The Morgan fingerprint density at radius 2 is 2.13 bits per heavy atom. The monoisotopic (exact) mass is 440 g/mol. The molecule has 4 rings (SSSR count). The van der Waals surface area contributed by atoms with Crippen LogP contribution in [0.25, 0.3) is 0 Å². The lowest BCUT2D eigenvalue weighted by Crippen LogP contribution is -2.61. The number of hydrogen-bond donors (Lipinski definition) is 2. The molecule has 2 aliphatic heterocycles. The van der Waals surface area contributed by atoms with Crippen molar-refractivity contribution in [2.24, 2.45) is 10.9 Å². The van der Waals surface area contributed by atoms with Crippen LogP contribution >= 0.6 is 0 Å². The van der Waals surface area contributed by atoms with Gasteiger partial charge >= 0.3 is 0 Å². The fourth-order valence-corrected chi connectivity index (χ4v) is 5.93. The molecule has 2 fully saturated rings. The van der Waals surface area contributed by atoms with E-state index >= 15 is 0 Å². The largest absolute Gasteiger partial charge is 0.347 e. The maximum Gasteiger partial charge on any atom is 0.280 e. The molecule has 3 aliphatic rings. The number of nitrogens with one attached hydrogen (secondary N) is 2. The lowest BCUT2D eigenvalue weighted by molar-refractivity contribution is -0.0950. The summed E-state index contributed by atoms with van der Waals surface area (Å²) >= 11 is 0. The first kappa shape index (κ1) is 21.1. The topological polar surface area (TPSA) is 91.6 Å². The first-order valence-corrected chi connectivity index (χ1v) is 11.5. The van der Waals surface area contributed by atoms with Gasteiger partial charge in [0.15, 0.2) is 5.82 Å². The fourth-order valence-electron chi connectivity index (χ4n) is 4.45. The second kappa shape index (κ2) is 7.86. The van der Waals surface area contributed by atoms with E-state index in [-0.39, 0.29) is 17.9 Å². The SMILES string of the molecule is C=C1N=Cc2ncc([C@H]3C[C@@H](NS(=O)(=O)N4CC(F)(F)C4)C[C@H]3CC)n2C/C=C\N1. The zero-order valence-electron chi connectivity index (χ0n) is 16.8. The predicted molar refractivity (Wildman–Crippen MR) is 109 cm³/mol. The lowest BCUT2D eigenvalue weighted by Gasteiger charge is -2.37. The van der Waals surface area contributed by atoms with Crippen molar-refractivity contribution in [2.75, 3.05) is 13.1 Å². The number of fused-ring (bicyclic) bond motifs is 1. The van der Waals surface area contributed by atoms with Crippen LogP contribution in [0.4, 0.5) is 8.78 Å². The Labute approximate surface area is 174 Å². The van der Waals surface area contributed by atoms with Gasteiger partial charge in [-0.2, -0.15) is 17.4 Å². The highest BCUT2D eigenvalue weighted by Gasteiger charge is 2.50. The number of alkyl halides is 2. The standard InChI is InChI=1S/C19H26F2N6O2S/c1-3-14-7-15(25-30(28,29)26-11-19(20,21)12-26)8-16(14)17-9-24-18-10-23-13(2)22-5-4-6-27(17)18/h4-5,9-10,14-16,22,25H,2-3,6-8,11-12H2,1H3/b5-4-,23-10?/t14-,15+,16+/m1/s1. The second-order valence-electron chi connectivity index (χ2n) is 8.09. The van der Waals surface area contributed by atoms with Crippen molar-refractivity contribution in [2.45, 2.75) is 50.6 Å². The molecule has 1 aromatic heterocycles. The van der Waals surface area contributed by atoms with Crippen molar-refractivity contribution >= 4 is 16.4 Å². The van der Waals surface area contributed by atoms with Crippen molar-refractivity contribution in [3.8, 4) is 0 Å². The molecule has 3 atom stereocenters. The van der Waals surface area contributed by atoms with E-state index in [1.165, 1.54) is 0 Å². The third-order valence-electron chi connectivity index (χ3n) is 5.98. The number of imidazole rings is 1. The van der Waals surface area contributed by atoms with Crippen LogP contribution in [-0.2, 0) is 16.8 Å². The molecular formula is C19H26F2N6O2S. The van der Waals surface area contributed by atoms with Crippen LogP contribution in [0.1, 0.15) is 43.6 Å². The molecule has 0 aromatic carbocycles. The maximum atomic E-state index is 13.1. The summed E-state index contributed by atoms with van der Waals surface area (Å²) in [5, 5.41) is 2.97. The quantitative estimate of drug-likeness (QED) is 0.732.